The van der Waals surface area contributed by atoms with Gasteiger partial charge in [0, 0.05) is 5.02 Å². The maximum absolute atomic E-state index is 12.6. The van der Waals surface area contributed by atoms with Crippen LogP contribution in [0.15, 0.2) is 53.4 Å². The van der Waals surface area contributed by atoms with E-state index in [9.17, 15) is 18.0 Å². The molecule has 2 aromatic carbocycles. The molecule has 2 rings (SSSR count). The minimum atomic E-state index is -4.01. The summed E-state index contributed by atoms with van der Waals surface area (Å²) < 4.78 is 38.4. The van der Waals surface area contributed by atoms with Crippen molar-refractivity contribution in [3.8, 4) is 11.5 Å². The molecule has 2 amide bonds. The van der Waals surface area contributed by atoms with Crippen LogP contribution < -0.4 is 25.0 Å². The van der Waals surface area contributed by atoms with Crippen molar-refractivity contribution in [3.63, 3.8) is 0 Å². The normalized spacial score (nSPS) is 12.2. The summed E-state index contributed by atoms with van der Waals surface area (Å²) in [5, 5.41) is 0.247. The van der Waals surface area contributed by atoms with Crippen LogP contribution in [0.5, 0.6) is 11.5 Å². The third-order valence-corrected chi connectivity index (χ3v) is 5.84. The van der Waals surface area contributed by atoms with E-state index in [-0.39, 0.29) is 16.5 Å². The van der Waals surface area contributed by atoms with Crippen LogP contribution in [0.1, 0.15) is 20.8 Å². The zero-order chi connectivity index (χ0) is 23.7. The smallest absolute Gasteiger partial charge is 0.276 e. The molecule has 0 saturated carbocycles. The lowest BCUT2D eigenvalue weighted by atomic mass is 10.1. The van der Waals surface area contributed by atoms with E-state index >= 15 is 0 Å². The van der Waals surface area contributed by atoms with Gasteiger partial charge >= 0.3 is 0 Å². The average molecular weight is 484 g/mol. The molecule has 0 aliphatic carbocycles. The number of sulfonamides is 1. The largest absolute Gasteiger partial charge is 0.490 e. The Morgan fingerprint density at radius 2 is 1.66 bits per heavy atom. The van der Waals surface area contributed by atoms with E-state index in [1.165, 1.54) is 24.3 Å². The molecule has 32 heavy (non-hydrogen) atoms. The Morgan fingerprint density at radius 3 is 2.25 bits per heavy atom. The summed E-state index contributed by atoms with van der Waals surface area (Å²) >= 11 is 5.86. The van der Waals surface area contributed by atoms with Crippen molar-refractivity contribution < 1.29 is 27.5 Å². The Labute approximate surface area is 192 Å². The Morgan fingerprint density at radius 1 is 1.00 bits per heavy atom. The lowest BCUT2D eigenvalue weighted by Crippen LogP contribution is -2.54. The second-order valence-corrected chi connectivity index (χ2v) is 9.16. The van der Waals surface area contributed by atoms with Crippen LogP contribution in [-0.2, 0) is 19.6 Å². The van der Waals surface area contributed by atoms with Crippen LogP contribution in [0.4, 0.5) is 0 Å². The molecule has 0 aliphatic heterocycles. The molecule has 9 nitrogen and oxygen atoms in total. The molecule has 0 radical (unpaired) electrons. The van der Waals surface area contributed by atoms with Crippen molar-refractivity contribution in [3.05, 3.63) is 53.6 Å². The molecule has 0 fully saturated rings. The molecule has 0 spiro atoms. The molecule has 2 aromatic rings. The number of amides is 2. The number of nitrogens with one attached hydrogen (secondary N) is 3. The predicted octanol–water partition coefficient (Wildman–Crippen LogP) is 2.27. The summed E-state index contributed by atoms with van der Waals surface area (Å²) in [6.45, 7) is 5.21. The number of carbonyl (C=O) groups is 2. The molecule has 3 N–H and O–H groups in total. The van der Waals surface area contributed by atoms with Crippen molar-refractivity contribution in [1.82, 2.24) is 15.6 Å². The van der Waals surface area contributed by atoms with Crippen LogP contribution in [0.25, 0.3) is 0 Å². The second kappa shape index (κ2) is 11.7. The Kier molecular flexibility index (Phi) is 9.30. The SMILES string of the molecule is CCOc1ccccc1OCC(=O)NNC(=O)[C@@H](NS(=O)(=O)c1cccc(Cl)c1)C(C)C. The van der Waals surface area contributed by atoms with E-state index < -0.39 is 33.8 Å². The molecule has 0 aromatic heterocycles. The quantitative estimate of drug-likeness (QED) is 0.445. The zero-order valence-electron chi connectivity index (χ0n) is 17.9. The first-order valence-corrected chi connectivity index (χ1v) is 11.7. The monoisotopic (exact) mass is 483 g/mol. The van der Waals surface area contributed by atoms with Gasteiger partial charge in [0.25, 0.3) is 11.8 Å². The summed E-state index contributed by atoms with van der Waals surface area (Å²) in [4.78, 5) is 24.5. The first kappa shape index (κ1) is 25.4. The van der Waals surface area contributed by atoms with Gasteiger partial charge in [0.1, 0.15) is 6.04 Å². The van der Waals surface area contributed by atoms with E-state index in [2.05, 4.69) is 15.6 Å². The van der Waals surface area contributed by atoms with Crippen molar-refractivity contribution in [1.29, 1.82) is 0 Å². The number of halogens is 1. The molecule has 1 atom stereocenters. The van der Waals surface area contributed by atoms with Gasteiger partial charge in [-0.25, -0.2) is 8.42 Å². The maximum atomic E-state index is 12.6. The Hall–Kier alpha value is -2.82. The summed E-state index contributed by atoms with van der Waals surface area (Å²) in [5.74, 6) is -0.902. The highest BCUT2D eigenvalue weighted by atomic mass is 35.5. The van der Waals surface area contributed by atoms with Gasteiger partial charge in [-0.15, -0.1) is 0 Å². The third kappa shape index (κ3) is 7.40. The van der Waals surface area contributed by atoms with Crippen LogP contribution in [0, 0.1) is 5.92 Å². The van der Waals surface area contributed by atoms with Crippen LogP contribution in [0.2, 0.25) is 5.02 Å². The van der Waals surface area contributed by atoms with Crippen molar-refractivity contribution in [2.45, 2.75) is 31.7 Å². The molecule has 0 aliphatic rings. The molecule has 0 heterocycles. The van der Waals surface area contributed by atoms with E-state index in [0.717, 1.165) is 0 Å². The Bertz CT molecular complexity index is 1050. The fourth-order valence-electron chi connectivity index (χ4n) is 2.59. The van der Waals surface area contributed by atoms with E-state index in [0.29, 0.717) is 18.1 Å². The van der Waals surface area contributed by atoms with Crippen LogP contribution >= 0.6 is 11.6 Å². The van der Waals surface area contributed by atoms with Crippen molar-refractivity contribution in [2.75, 3.05) is 13.2 Å². The molecule has 0 bridgehead atoms. The molecule has 0 unspecified atom stereocenters. The van der Waals surface area contributed by atoms with E-state index in [4.69, 9.17) is 21.1 Å². The standard InChI is InChI=1S/C21H26ClN3O6S/c1-4-30-17-10-5-6-11-18(17)31-13-19(26)23-24-21(27)20(14(2)3)25-32(28,29)16-9-7-8-15(22)12-16/h5-12,14,20,25H,4,13H2,1-3H3,(H,23,26)(H,24,27)/t20-/m0/s1. The highest BCUT2D eigenvalue weighted by molar-refractivity contribution is 7.89. The van der Waals surface area contributed by atoms with Crippen LogP contribution in [0.3, 0.4) is 0 Å². The van der Waals surface area contributed by atoms with Gasteiger partial charge in [-0.2, -0.15) is 4.72 Å². The van der Waals surface area contributed by atoms with Crippen LogP contribution in [-0.4, -0.2) is 39.5 Å². The average Bonchev–Trinajstić information content (AvgIpc) is 2.75. The first-order chi connectivity index (χ1) is 15.1. The number of carbonyl (C=O) groups excluding carboxylic acids is 2. The van der Waals surface area contributed by atoms with Gasteiger partial charge in [0.2, 0.25) is 10.0 Å². The predicted molar refractivity (Wildman–Crippen MR) is 120 cm³/mol. The maximum Gasteiger partial charge on any atom is 0.276 e. The highest BCUT2D eigenvalue weighted by Gasteiger charge is 2.28. The summed E-state index contributed by atoms with van der Waals surface area (Å²) in [6.07, 6.45) is 0. The second-order valence-electron chi connectivity index (χ2n) is 7.01. The minimum absolute atomic E-state index is 0.0751. The Balaban J connectivity index is 1.95. The van der Waals surface area contributed by atoms with E-state index in [1.807, 2.05) is 6.92 Å². The number of hydrogen-bond acceptors (Lipinski definition) is 6. The highest BCUT2D eigenvalue weighted by Crippen LogP contribution is 2.26. The number of benzene rings is 2. The summed E-state index contributed by atoms with van der Waals surface area (Å²) in [7, 11) is -4.01. The topological polar surface area (TPSA) is 123 Å². The molecular formula is C21H26ClN3O6S. The number of rotatable bonds is 10. The van der Waals surface area contributed by atoms with Gasteiger partial charge in [-0.3, -0.25) is 20.4 Å². The fraction of sp³-hybridized carbons (Fsp3) is 0.333. The molecule has 174 valence electrons. The molecule has 11 heteroatoms. The summed E-state index contributed by atoms with van der Waals surface area (Å²) in [5.41, 5.74) is 4.44. The van der Waals surface area contributed by atoms with Crippen molar-refractivity contribution >= 4 is 33.4 Å². The number of para-hydroxylation sites is 2. The lowest BCUT2D eigenvalue weighted by molar-refractivity contribution is -0.131. The minimum Gasteiger partial charge on any atom is -0.490 e. The summed E-state index contributed by atoms with van der Waals surface area (Å²) in [6, 6.07) is 11.4. The number of ether oxygens (including phenoxy) is 2. The van der Waals surface area contributed by atoms with Gasteiger partial charge in [-0.1, -0.05) is 43.6 Å². The zero-order valence-corrected chi connectivity index (χ0v) is 19.5. The first-order valence-electron chi connectivity index (χ1n) is 9.85. The third-order valence-electron chi connectivity index (χ3n) is 4.17. The van der Waals surface area contributed by atoms with Crippen molar-refractivity contribution in [2.24, 2.45) is 5.92 Å². The van der Waals surface area contributed by atoms with Gasteiger partial charge in [0.15, 0.2) is 18.1 Å². The number of hydrazine groups is 1. The van der Waals surface area contributed by atoms with Gasteiger partial charge < -0.3 is 9.47 Å². The number of hydrogen-bond donors (Lipinski definition) is 3. The van der Waals surface area contributed by atoms with Gasteiger partial charge in [0.05, 0.1) is 11.5 Å². The fourth-order valence-corrected chi connectivity index (χ4v) is 4.24. The van der Waals surface area contributed by atoms with Gasteiger partial charge in [-0.05, 0) is 43.2 Å². The molecular weight excluding hydrogens is 458 g/mol. The van der Waals surface area contributed by atoms with E-state index in [1.54, 1.807) is 38.1 Å². The molecule has 0 saturated heterocycles. The lowest BCUT2D eigenvalue weighted by Gasteiger charge is -2.22.